The summed E-state index contributed by atoms with van der Waals surface area (Å²) in [5.74, 6) is 2.22. The lowest BCUT2D eigenvalue weighted by atomic mass is 10.1. The number of hydrogen-bond donors (Lipinski definition) is 1. The Morgan fingerprint density at radius 2 is 1.85 bits per heavy atom. The van der Waals surface area contributed by atoms with Crippen molar-refractivity contribution >= 4 is 18.4 Å². The molecule has 2 aromatic carbocycles. The second-order valence-electron chi connectivity index (χ2n) is 5.70. The van der Waals surface area contributed by atoms with Gasteiger partial charge in [0.05, 0.1) is 27.5 Å². The highest BCUT2D eigenvalue weighted by molar-refractivity contribution is 7.71. The number of aromatic nitrogens is 3. The van der Waals surface area contributed by atoms with Gasteiger partial charge in [-0.1, -0.05) is 23.8 Å². The molecule has 7 nitrogen and oxygen atoms in total. The summed E-state index contributed by atoms with van der Waals surface area (Å²) in [6.45, 7) is 2.02. The van der Waals surface area contributed by atoms with E-state index in [0.29, 0.717) is 33.4 Å². The predicted octanol–water partition coefficient (Wildman–Crippen LogP) is 3.82. The maximum absolute atomic E-state index is 5.49. The fraction of sp³-hybridized carbons (Fsp3) is 0.211. The lowest BCUT2D eigenvalue weighted by Crippen LogP contribution is -2.00. The number of nitrogens with one attached hydrogen (secondary N) is 1. The summed E-state index contributed by atoms with van der Waals surface area (Å²) in [7, 11) is 4.70. The van der Waals surface area contributed by atoms with Gasteiger partial charge in [-0.25, -0.2) is 5.10 Å². The molecule has 0 aliphatic rings. The van der Waals surface area contributed by atoms with Crippen molar-refractivity contribution in [2.24, 2.45) is 5.10 Å². The lowest BCUT2D eigenvalue weighted by molar-refractivity contribution is 0.324. The molecular formula is C19H20N4O3S. The number of nitrogens with zero attached hydrogens (tertiary/aromatic N) is 3. The van der Waals surface area contributed by atoms with E-state index in [2.05, 4.69) is 15.3 Å². The standard InChI is InChI=1S/C19H20N4O3S/c1-12-6-5-7-13(10-12)18-21-22-19(27)23(18)20-11-14-8-9-15(24-2)17(26-4)16(14)25-3/h5-11H,1-4H3,(H,22,27)/b20-11+. The fourth-order valence-electron chi connectivity index (χ4n) is 2.72. The van der Waals surface area contributed by atoms with Crippen molar-refractivity contribution in [3.8, 4) is 28.6 Å². The molecule has 140 valence electrons. The first-order valence-electron chi connectivity index (χ1n) is 8.16. The van der Waals surface area contributed by atoms with Crippen LogP contribution in [0.4, 0.5) is 0 Å². The zero-order valence-corrected chi connectivity index (χ0v) is 16.3. The topological polar surface area (TPSA) is 73.7 Å². The summed E-state index contributed by atoms with van der Waals surface area (Å²) in [6, 6.07) is 11.6. The number of rotatable bonds is 6. The molecule has 0 saturated carbocycles. The van der Waals surface area contributed by atoms with Crippen molar-refractivity contribution in [2.45, 2.75) is 6.92 Å². The molecule has 8 heteroatoms. The molecule has 0 bridgehead atoms. The molecule has 0 unspecified atom stereocenters. The van der Waals surface area contributed by atoms with E-state index < -0.39 is 0 Å². The Balaban J connectivity index is 2.06. The van der Waals surface area contributed by atoms with Gasteiger partial charge < -0.3 is 14.2 Å². The van der Waals surface area contributed by atoms with Crippen molar-refractivity contribution in [1.29, 1.82) is 0 Å². The van der Waals surface area contributed by atoms with Crippen LogP contribution >= 0.6 is 12.2 Å². The van der Waals surface area contributed by atoms with Gasteiger partial charge in [-0.15, -0.1) is 0 Å². The van der Waals surface area contributed by atoms with Crippen LogP contribution in [0, 0.1) is 11.7 Å². The Bertz CT molecular complexity index is 1040. The van der Waals surface area contributed by atoms with Crippen LogP contribution in [0.25, 0.3) is 11.4 Å². The van der Waals surface area contributed by atoms with E-state index in [1.165, 1.54) is 0 Å². The summed E-state index contributed by atoms with van der Waals surface area (Å²) < 4.78 is 18.2. The molecule has 0 radical (unpaired) electrons. The van der Waals surface area contributed by atoms with E-state index in [1.54, 1.807) is 38.3 Å². The molecular weight excluding hydrogens is 364 g/mol. The number of methoxy groups -OCH3 is 3. The van der Waals surface area contributed by atoms with Crippen LogP contribution in [0.2, 0.25) is 0 Å². The van der Waals surface area contributed by atoms with E-state index in [9.17, 15) is 0 Å². The normalized spacial score (nSPS) is 11.0. The monoisotopic (exact) mass is 384 g/mol. The summed E-state index contributed by atoms with van der Waals surface area (Å²) >= 11 is 5.33. The summed E-state index contributed by atoms with van der Waals surface area (Å²) in [4.78, 5) is 0. The molecule has 0 fully saturated rings. The summed E-state index contributed by atoms with van der Waals surface area (Å²) in [6.07, 6.45) is 1.64. The van der Waals surface area contributed by atoms with E-state index in [4.69, 9.17) is 26.4 Å². The number of aromatic amines is 1. The molecule has 3 rings (SSSR count). The highest BCUT2D eigenvalue weighted by atomic mass is 32.1. The molecule has 27 heavy (non-hydrogen) atoms. The summed E-state index contributed by atoms with van der Waals surface area (Å²) in [5, 5.41) is 11.6. The highest BCUT2D eigenvalue weighted by Crippen LogP contribution is 2.39. The molecule has 0 aliphatic heterocycles. The van der Waals surface area contributed by atoms with Crippen molar-refractivity contribution < 1.29 is 14.2 Å². The zero-order chi connectivity index (χ0) is 19.4. The van der Waals surface area contributed by atoms with Crippen molar-refractivity contribution in [1.82, 2.24) is 14.9 Å². The second kappa shape index (κ2) is 8.05. The third kappa shape index (κ3) is 3.70. The van der Waals surface area contributed by atoms with E-state index >= 15 is 0 Å². The third-order valence-electron chi connectivity index (χ3n) is 3.97. The van der Waals surface area contributed by atoms with Crippen molar-refractivity contribution in [2.75, 3.05) is 21.3 Å². The molecule has 1 heterocycles. The van der Waals surface area contributed by atoms with E-state index in [0.717, 1.165) is 11.1 Å². The number of ether oxygens (including phenoxy) is 3. The quantitative estimate of drug-likeness (QED) is 0.517. The molecule has 0 aliphatic carbocycles. The Morgan fingerprint density at radius 1 is 1.07 bits per heavy atom. The summed E-state index contributed by atoms with van der Waals surface area (Å²) in [5.41, 5.74) is 2.76. The van der Waals surface area contributed by atoms with Gasteiger partial charge in [0.2, 0.25) is 10.5 Å². The van der Waals surface area contributed by atoms with Gasteiger partial charge in [0.25, 0.3) is 0 Å². The van der Waals surface area contributed by atoms with Crippen LogP contribution in [0.3, 0.4) is 0 Å². The minimum absolute atomic E-state index is 0.391. The minimum Gasteiger partial charge on any atom is -0.493 e. The number of H-pyrrole nitrogens is 1. The SMILES string of the molecule is COc1ccc(/C=N/n2c(-c3cccc(C)c3)n[nH]c2=S)c(OC)c1OC. The largest absolute Gasteiger partial charge is 0.493 e. The van der Waals surface area contributed by atoms with Crippen LogP contribution < -0.4 is 14.2 Å². The maximum atomic E-state index is 5.49. The Morgan fingerprint density at radius 3 is 2.52 bits per heavy atom. The fourth-order valence-corrected chi connectivity index (χ4v) is 2.90. The number of hydrogen-bond acceptors (Lipinski definition) is 6. The molecule has 1 aromatic heterocycles. The zero-order valence-electron chi connectivity index (χ0n) is 15.5. The van der Waals surface area contributed by atoms with Gasteiger partial charge in [-0.3, -0.25) is 0 Å². The highest BCUT2D eigenvalue weighted by Gasteiger charge is 2.15. The van der Waals surface area contributed by atoms with Crippen LogP contribution in [0.1, 0.15) is 11.1 Å². The molecule has 0 amide bonds. The van der Waals surface area contributed by atoms with Crippen molar-refractivity contribution in [3.63, 3.8) is 0 Å². The van der Waals surface area contributed by atoms with Gasteiger partial charge >= 0.3 is 0 Å². The van der Waals surface area contributed by atoms with Gasteiger partial charge in [0.15, 0.2) is 17.3 Å². The smallest absolute Gasteiger partial charge is 0.216 e. The molecule has 0 atom stereocenters. The first-order valence-corrected chi connectivity index (χ1v) is 8.57. The molecule has 3 aromatic rings. The van der Waals surface area contributed by atoms with Crippen molar-refractivity contribution in [3.05, 3.63) is 52.3 Å². The molecule has 0 saturated heterocycles. The average Bonchev–Trinajstić information content (AvgIpc) is 3.05. The Kier molecular flexibility index (Phi) is 5.56. The van der Waals surface area contributed by atoms with Crippen LogP contribution in [-0.4, -0.2) is 42.4 Å². The molecule has 1 N–H and O–H groups in total. The second-order valence-corrected chi connectivity index (χ2v) is 6.09. The number of aryl methyl sites for hydroxylation is 1. The van der Waals surface area contributed by atoms with Crippen LogP contribution in [0.15, 0.2) is 41.5 Å². The lowest BCUT2D eigenvalue weighted by Gasteiger charge is -2.13. The predicted molar refractivity (Wildman–Crippen MR) is 107 cm³/mol. The first-order chi connectivity index (χ1) is 13.1. The van der Waals surface area contributed by atoms with Gasteiger partial charge in [-0.05, 0) is 37.3 Å². The Hall–Kier alpha value is -3.13. The van der Waals surface area contributed by atoms with Crippen LogP contribution in [0.5, 0.6) is 17.2 Å². The van der Waals surface area contributed by atoms with Crippen LogP contribution in [-0.2, 0) is 0 Å². The van der Waals surface area contributed by atoms with E-state index in [-0.39, 0.29) is 0 Å². The Labute approximate surface area is 162 Å². The third-order valence-corrected chi connectivity index (χ3v) is 4.24. The number of benzene rings is 2. The maximum Gasteiger partial charge on any atom is 0.216 e. The van der Waals surface area contributed by atoms with Gasteiger partial charge in [0, 0.05) is 11.1 Å². The van der Waals surface area contributed by atoms with E-state index in [1.807, 2.05) is 37.3 Å². The molecule has 0 spiro atoms. The van der Waals surface area contributed by atoms with Gasteiger partial charge in [-0.2, -0.15) is 14.9 Å². The minimum atomic E-state index is 0.391. The average molecular weight is 384 g/mol. The first kappa shape index (κ1) is 18.7. The van der Waals surface area contributed by atoms with Gasteiger partial charge in [0.1, 0.15) is 0 Å².